The highest BCUT2D eigenvalue weighted by Gasteiger charge is 2.33. The first-order chi connectivity index (χ1) is 17.5. The Morgan fingerprint density at radius 3 is 1.74 bits per heavy atom. The lowest BCUT2D eigenvalue weighted by molar-refractivity contribution is -0.143. The number of carbonyl (C=O) groups excluding carboxylic acids is 5. The lowest BCUT2D eigenvalue weighted by Gasteiger charge is -2.28. The van der Waals surface area contributed by atoms with E-state index >= 15 is 0 Å². The Labute approximate surface area is 224 Å². The summed E-state index contributed by atoms with van der Waals surface area (Å²) >= 11 is 0. The van der Waals surface area contributed by atoms with Gasteiger partial charge in [0.25, 0.3) is 0 Å². The van der Waals surface area contributed by atoms with Crippen LogP contribution in [0, 0.1) is 17.8 Å². The molecular formula is C25H46N6O7. The van der Waals surface area contributed by atoms with Crippen molar-refractivity contribution in [2.24, 2.45) is 29.2 Å². The van der Waals surface area contributed by atoms with E-state index in [2.05, 4.69) is 21.3 Å². The maximum Gasteiger partial charge on any atom is 0.326 e. The van der Waals surface area contributed by atoms with E-state index in [0.29, 0.717) is 12.8 Å². The number of amides is 5. The molecule has 0 aromatic carbocycles. The molecule has 38 heavy (non-hydrogen) atoms. The summed E-state index contributed by atoms with van der Waals surface area (Å²) in [6, 6.07) is -5.26. The van der Waals surface area contributed by atoms with Gasteiger partial charge in [-0.1, -0.05) is 48.0 Å². The summed E-state index contributed by atoms with van der Waals surface area (Å²) < 4.78 is 0. The molecule has 0 heterocycles. The van der Waals surface area contributed by atoms with Crippen molar-refractivity contribution in [1.29, 1.82) is 0 Å². The van der Waals surface area contributed by atoms with Gasteiger partial charge in [0.15, 0.2) is 0 Å². The second-order valence-electron chi connectivity index (χ2n) is 10.5. The highest BCUT2D eigenvalue weighted by Crippen LogP contribution is 2.11. The molecule has 0 bridgehead atoms. The maximum absolute atomic E-state index is 12.9. The number of hydrogen-bond acceptors (Lipinski definition) is 7. The van der Waals surface area contributed by atoms with Crippen LogP contribution >= 0.6 is 0 Å². The van der Waals surface area contributed by atoms with Crippen LogP contribution in [0.15, 0.2) is 0 Å². The standard InChI is InChI=1S/C25H46N6O7/c1-8-14(6)20(24(36)29-17(25(37)38)9-10-18(27)32)31-21(33)15(7)28-23(35)19(13(4)5)30-22(34)16(26)11-12(2)3/h12-17,19-20H,8-11,26H2,1-7H3,(H2,27,32)(H,28,35)(H,29,36)(H,30,34)(H,31,33)(H,37,38)/t14-,15-,16-,17-,19-,20-/m0/s1. The van der Waals surface area contributed by atoms with Crippen molar-refractivity contribution >= 4 is 35.5 Å². The highest BCUT2D eigenvalue weighted by atomic mass is 16.4. The van der Waals surface area contributed by atoms with Gasteiger partial charge in [0.2, 0.25) is 29.5 Å². The van der Waals surface area contributed by atoms with Crippen molar-refractivity contribution in [3.63, 3.8) is 0 Å². The summed E-state index contributed by atoms with van der Waals surface area (Å²) in [7, 11) is 0. The van der Waals surface area contributed by atoms with Crippen molar-refractivity contribution in [3.05, 3.63) is 0 Å². The zero-order valence-electron chi connectivity index (χ0n) is 23.5. The first kappa shape index (κ1) is 34.8. The molecule has 0 saturated carbocycles. The number of primary amides is 1. The fraction of sp³-hybridized carbons (Fsp3) is 0.760. The monoisotopic (exact) mass is 542 g/mol. The molecule has 13 heteroatoms. The second kappa shape index (κ2) is 16.6. The molecule has 6 atom stereocenters. The van der Waals surface area contributed by atoms with Crippen LogP contribution in [0.1, 0.15) is 74.1 Å². The van der Waals surface area contributed by atoms with Crippen LogP contribution < -0.4 is 32.7 Å². The van der Waals surface area contributed by atoms with E-state index in [0.717, 1.165) is 0 Å². The zero-order valence-corrected chi connectivity index (χ0v) is 23.5. The van der Waals surface area contributed by atoms with Crippen LogP contribution in [-0.2, 0) is 28.8 Å². The van der Waals surface area contributed by atoms with E-state index in [4.69, 9.17) is 11.5 Å². The minimum absolute atomic E-state index is 0.190. The molecule has 0 rings (SSSR count). The SMILES string of the molecule is CC[C@H](C)[C@H](NC(=O)[C@H](C)NC(=O)[C@@H](NC(=O)[C@@H](N)CC(C)C)C(C)C)C(=O)N[C@@H](CCC(N)=O)C(=O)O. The van der Waals surface area contributed by atoms with Gasteiger partial charge in [-0.25, -0.2) is 4.79 Å². The van der Waals surface area contributed by atoms with Gasteiger partial charge in [0.1, 0.15) is 24.2 Å². The summed E-state index contributed by atoms with van der Waals surface area (Å²) in [5.41, 5.74) is 11.0. The number of carboxylic acid groups (broad SMARTS) is 1. The third kappa shape index (κ3) is 12.3. The Morgan fingerprint density at radius 1 is 0.763 bits per heavy atom. The van der Waals surface area contributed by atoms with Crippen molar-refractivity contribution in [2.75, 3.05) is 0 Å². The van der Waals surface area contributed by atoms with Crippen LogP contribution in [0.5, 0.6) is 0 Å². The Bertz CT molecular complexity index is 848. The Hall–Kier alpha value is -3.22. The topological polar surface area (TPSA) is 223 Å². The average Bonchev–Trinajstić information content (AvgIpc) is 2.81. The molecule has 0 aromatic rings. The van der Waals surface area contributed by atoms with E-state index < -0.39 is 65.7 Å². The van der Waals surface area contributed by atoms with Crippen molar-refractivity contribution in [3.8, 4) is 0 Å². The number of nitrogens with one attached hydrogen (secondary N) is 4. The van der Waals surface area contributed by atoms with Crippen molar-refractivity contribution in [1.82, 2.24) is 21.3 Å². The van der Waals surface area contributed by atoms with Crippen molar-refractivity contribution < 1.29 is 33.9 Å². The average molecular weight is 543 g/mol. The molecule has 218 valence electrons. The smallest absolute Gasteiger partial charge is 0.326 e. The summed E-state index contributed by atoms with van der Waals surface area (Å²) in [4.78, 5) is 73.7. The lowest BCUT2D eigenvalue weighted by Crippen LogP contribution is -2.59. The normalized spacial score (nSPS) is 15.9. The molecule has 0 saturated heterocycles. The fourth-order valence-electron chi connectivity index (χ4n) is 3.56. The molecule has 0 aliphatic carbocycles. The molecular weight excluding hydrogens is 496 g/mol. The number of carbonyl (C=O) groups is 6. The van der Waals surface area contributed by atoms with Gasteiger partial charge >= 0.3 is 5.97 Å². The zero-order chi connectivity index (χ0) is 29.7. The van der Waals surface area contributed by atoms with Gasteiger partial charge in [0.05, 0.1) is 6.04 Å². The first-order valence-corrected chi connectivity index (χ1v) is 13.0. The predicted molar refractivity (Wildman–Crippen MR) is 141 cm³/mol. The Kier molecular flexibility index (Phi) is 15.2. The number of aliphatic carboxylic acids is 1. The molecule has 0 aliphatic rings. The van der Waals surface area contributed by atoms with Crippen LogP contribution in [0.4, 0.5) is 0 Å². The summed E-state index contributed by atoms with van der Waals surface area (Å²) in [6.45, 7) is 12.3. The molecule has 9 N–H and O–H groups in total. The van der Waals surface area contributed by atoms with Gasteiger partial charge in [-0.2, -0.15) is 0 Å². The summed E-state index contributed by atoms with van der Waals surface area (Å²) in [5, 5.41) is 19.5. The maximum atomic E-state index is 12.9. The minimum Gasteiger partial charge on any atom is -0.480 e. The lowest BCUT2D eigenvalue weighted by atomic mass is 9.97. The number of hydrogen-bond donors (Lipinski definition) is 7. The van der Waals surface area contributed by atoms with Gasteiger partial charge in [-0.05, 0) is 37.5 Å². The molecule has 13 nitrogen and oxygen atoms in total. The summed E-state index contributed by atoms with van der Waals surface area (Å²) in [5.74, 6) is -5.01. The number of rotatable bonds is 17. The van der Waals surface area contributed by atoms with E-state index in [1.165, 1.54) is 6.92 Å². The number of nitrogens with two attached hydrogens (primary N) is 2. The third-order valence-electron chi connectivity index (χ3n) is 6.15. The van der Waals surface area contributed by atoms with Crippen molar-refractivity contribution in [2.45, 2.75) is 104 Å². The molecule has 0 unspecified atom stereocenters. The number of carboxylic acids is 1. The molecule has 0 radical (unpaired) electrons. The largest absolute Gasteiger partial charge is 0.480 e. The second-order valence-corrected chi connectivity index (χ2v) is 10.5. The van der Waals surface area contributed by atoms with E-state index in [-0.39, 0.29) is 30.6 Å². The van der Waals surface area contributed by atoms with E-state index in [9.17, 15) is 33.9 Å². The Balaban J connectivity index is 5.40. The van der Waals surface area contributed by atoms with E-state index in [1.807, 2.05) is 13.8 Å². The van der Waals surface area contributed by atoms with Gasteiger partial charge < -0.3 is 37.8 Å². The molecule has 0 aliphatic heterocycles. The minimum atomic E-state index is -1.37. The van der Waals surface area contributed by atoms with Gasteiger partial charge in [0, 0.05) is 6.42 Å². The Morgan fingerprint density at radius 2 is 1.29 bits per heavy atom. The predicted octanol–water partition coefficient (Wildman–Crippen LogP) is -0.629. The fourth-order valence-corrected chi connectivity index (χ4v) is 3.56. The third-order valence-corrected chi connectivity index (χ3v) is 6.15. The highest BCUT2D eigenvalue weighted by molar-refractivity contribution is 5.95. The van der Waals surface area contributed by atoms with Gasteiger partial charge in [-0.15, -0.1) is 0 Å². The van der Waals surface area contributed by atoms with Crippen LogP contribution in [0.2, 0.25) is 0 Å². The quantitative estimate of drug-likeness (QED) is 0.125. The molecule has 5 amide bonds. The van der Waals surface area contributed by atoms with Crippen LogP contribution in [-0.4, -0.2) is 70.8 Å². The first-order valence-electron chi connectivity index (χ1n) is 13.0. The van der Waals surface area contributed by atoms with E-state index in [1.54, 1.807) is 27.7 Å². The summed E-state index contributed by atoms with van der Waals surface area (Å²) in [6.07, 6.45) is 0.487. The van der Waals surface area contributed by atoms with Crippen LogP contribution in [0.3, 0.4) is 0 Å². The molecule has 0 aromatic heterocycles. The molecule has 0 spiro atoms. The molecule has 0 fully saturated rings. The van der Waals surface area contributed by atoms with Gasteiger partial charge in [-0.3, -0.25) is 24.0 Å². The van der Waals surface area contributed by atoms with Crippen LogP contribution in [0.25, 0.3) is 0 Å².